The van der Waals surface area contributed by atoms with Gasteiger partial charge in [-0.3, -0.25) is 20.4 Å². The lowest BCUT2D eigenvalue weighted by atomic mass is 9.49. The molecule has 0 aliphatic heterocycles. The molecule has 1 aromatic rings. The number of hydrogen-bond donors (Lipinski definition) is 2. The number of nitrogens with one attached hydrogen (secondary N) is 2. The van der Waals surface area contributed by atoms with Crippen LogP contribution in [0.25, 0.3) is 0 Å². The molecule has 4 aliphatic rings. The number of halogens is 1. The highest BCUT2D eigenvalue weighted by molar-refractivity contribution is 6.30. The van der Waals surface area contributed by atoms with Gasteiger partial charge in [0, 0.05) is 5.02 Å². The van der Waals surface area contributed by atoms with Gasteiger partial charge in [-0.1, -0.05) is 11.6 Å². The van der Waals surface area contributed by atoms with Gasteiger partial charge in [-0.15, -0.1) is 0 Å². The first-order chi connectivity index (χ1) is 12.4. The van der Waals surface area contributed by atoms with Gasteiger partial charge in [0.05, 0.1) is 5.41 Å². The van der Waals surface area contributed by atoms with Gasteiger partial charge in [0.15, 0.2) is 6.10 Å². The van der Waals surface area contributed by atoms with Crippen LogP contribution in [-0.4, -0.2) is 17.9 Å². The number of carbonyl (C=O) groups excluding carboxylic acids is 2. The number of ether oxygens (including phenoxy) is 1. The number of hydrazine groups is 1. The van der Waals surface area contributed by atoms with Crippen LogP contribution >= 0.6 is 11.6 Å². The smallest absolute Gasteiger partial charge is 0.279 e. The molecule has 6 heteroatoms. The Morgan fingerprint density at radius 1 is 1.04 bits per heavy atom. The molecule has 4 bridgehead atoms. The Morgan fingerprint density at radius 2 is 1.58 bits per heavy atom. The average molecular weight is 377 g/mol. The molecular formula is C20H25ClN2O3. The third kappa shape index (κ3) is 3.41. The lowest BCUT2D eigenvalue weighted by molar-refractivity contribution is -0.149. The molecule has 4 saturated carbocycles. The molecule has 1 unspecified atom stereocenters. The summed E-state index contributed by atoms with van der Waals surface area (Å²) in [7, 11) is 0. The molecule has 5 rings (SSSR count). The van der Waals surface area contributed by atoms with Crippen molar-refractivity contribution in [3.63, 3.8) is 0 Å². The zero-order chi connectivity index (χ0) is 18.3. The topological polar surface area (TPSA) is 67.4 Å². The average Bonchev–Trinajstić information content (AvgIpc) is 2.60. The van der Waals surface area contributed by atoms with E-state index in [1.54, 1.807) is 31.2 Å². The van der Waals surface area contributed by atoms with Crippen molar-refractivity contribution < 1.29 is 14.3 Å². The summed E-state index contributed by atoms with van der Waals surface area (Å²) < 4.78 is 5.59. The molecule has 0 radical (unpaired) electrons. The minimum atomic E-state index is -0.715. The fourth-order valence-corrected chi connectivity index (χ4v) is 5.64. The zero-order valence-corrected chi connectivity index (χ0v) is 15.7. The Hall–Kier alpha value is -1.75. The number of rotatable bonds is 4. The lowest BCUT2D eigenvalue weighted by Crippen LogP contribution is -2.57. The van der Waals surface area contributed by atoms with Gasteiger partial charge in [-0.2, -0.15) is 0 Å². The molecule has 2 amide bonds. The predicted octanol–water partition coefficient (Wildman–Crippen LogP) is 3.47. The molecule has 1 aromatic carbocycles. The van der Waals surface area contributed by atoms with Gasteiger partial charge in [0.25, 0.3) is 5.91 Å². The first-order valence-corrected chi connectivity index (χ1v) is 9.84. The van der Waals surface area contributed by atoms with Crippen molar-refractivity contribution in [1.29, 1.82) is 0 Å². The summed E-state index contributed by atoms with van der Waals surface area (Å²) in [4.78, 5) is 25.1. The second kappa shape index (κ2) is 6.76. The van der Waals surface area contributed by atoms with Crippen LogP contribution < -0.4 is 15.6 Å². The van der Waals surface area contributed by atoms with Crippen LogP contribution in [0.4, 0.5) is 0 Å². The van der Waals surface area contributed by atoms with Crippen molar-refractivity contribution in [3.05, 3.63) is 29.3 Å². The van der Waals surface area contributed by atoms with E-state index in [2.05, 4.69) is 10.9 Å². The molecule has 5 nitrogen and oxygen atoms in total. The highest BCUT2D eigenvalue weighted by Crippen LogP contribution is 2.60. The monoisotopic (exact) mass is 376 g/mol. The minimum absolute atomic E-state index is 0.0244. The Morgan fingerprint density at radius 3 is 2.12 bits per heavy atom. The van der Waals surface area contributed by atoms with E-state index in [9.17, 15) is 9.59 Å². The highest BCUT2D eigenvalue weighted by Gasteiger charge is 2.54. The van der Waals surface area contributed by atoms with Gasteiger partial charge in [0.1, 0.15) is 5.75 Å². The van der Waals surface area contributed by atoms with Crippen LogP contribution in [0.5, 0.6) is 5.75 Å². The van der Waals surface area contributed by atoms with Crippen molar-refractivity contribution >= 4 is 23.4 Å². The van der Waals surface area contributed by atoms with E-state index in [1.165, 1.54) is 19.3 Å². The molecule has 2 N–H and O–H groups in total. The molecule has 1 atom stereocenters. The number of amides is 2. The van der Waals surface area contributed by atoms with E-state index >= 15 is 0 Å². The number of carbonyl (C=O) groups is 2. The molecule has 0 aromatic heterocycles. The minimum Gasteiger partial charge on any atom is -0.481 e. The highest BCUT2D eigenvalue weighted by atomic mass is 35.5. The molecule has 4 aliphatic carbocycles. The molecule has 140 valence electrons. The van der Waals surface area contributed by atoms with Crippen molar-refractivity contribution in [2.75, 3.05) is 0 Å². The second-order valence-electron chi connectivity index (χ2n) is 8.36. The fraction of sp³-hybridized carbons (Fsp3) is 0.600. The van der Waals surface area contributed by atoms with Crippen molar-refractivity contribution in [2.45, 2.75) is 51.6 Å². The first-order valence-electron chi connectivity index (χ1n) is 9.46. The molecule has 0 saturated heterocycles. The summed E-state index contributed by atoms with van der Waals surface area (Å²) >= 11 is 5.84. The first kappa shape index (κ1) is 17.7. The zero-order valence-electron chi connectivity index (χ0n) is 15.0. The molecule has 4 fully saturated rings. The fourth-order valence-electron chi connectivity index (χ4n) is 5.51. The summed E-state index contributed by atoms with van der Waals surface area (Å²) in [6, 6.07) is 6.83. The molecule has 0 spiro atoms. The van der Waals surface area contributed by atoms with E-state index < -0.39 is 6.10 Å². The van der Waals surface area contributed by atoms with Crippen molar-refractivity contribution in [2.24, 2.45) is 23.2 Å². The Labute approximate surface area is 158 Å². The van der Waals surface area contributed by atoms with Gasteiger partial charge < -0.3 is 4.74 Å². The van der Waals surface area contributed by atoms with E-state index in [0.717, 1.165) is 19.3 Å². The molecule has 26 heavy (non-hydrogen) atoms. The Kier molecular flexibility index (Phi) is 4.59. The normalized spacial score (nSPS) is 32.8. The van der Waals surface area contributed by atoms with Crippen LogP contribution in [0, 0.1) is 23.2 Å². The molecule has 0 heterocycles. The predicted molar refractivity (Wildman–Crippen MR) is 98.4 cm³/mol. The Bertz CT molecular complexity index is 668. The second-order valence-corrected chi connectivity index (χ2v) is 8.79. The van der Waals surface area contributed by atoms with Crippen molar-refractivity contribution in [3.8, 4) is 5.75 Å². The van der Waals surface area contributed by atoms with Crippen LogP contribution in [0.2, 0.25) is 5.02 Å². The Balaban J connectivity index is 1.31. The maximum absolute atomic E-state index is 12.8. The van der Waals surface area contributed by atoms with Gasteiger partial charge in [0.2, 0.25) is 5.91 Å². The summed E-state index contributed by atoms with van der Waals surface area (Å²) in [5, 5.41) is 0.609. The van der Waals surface area contributed by atoms with E-state index in [0.29, 0.717) is 28.5 Å². The van der Waals surface area contributed by atoms with Gasteiger partial charge in [-0.05, 0) is 87.5 Å². The van der Waals surface area contributed by atoms with Gasteiger partial charge in [-0.25, -0.2) is 0 Å². The largest absolute Gasteiger partial charge is 0.481 e. The maximum Gasteiger partial charge on any atom is 0.279 e. The van der Waals surface area contributed by atoms with E-state index in [-0.39, 0.29) is 17.2 Å². The van der Waals surface area contributed by atoms with Gasteiger partial charge >= 0.3 is 0 Å². The van der Waals surface area contributed by atoms with E-state index in [1.807, 2.05) is 0 Å². The summed E-state index contributed by atoms with van der Waals surface area (Å²) in [6.07, 6.45) is 6.04. The van der Waals surface area contributed by atoms with Crippen LogP contribution in [-0.2, 0) is 9.59 Å². The third-order valence-electron chi connectivity index (χ3n) is 6.31. The van der Waals surface area contributed by atoms with Crippen LogP contribution in [0.1, 0.15) is 45.4 Å². The van der Waals surface area contributed by atoms with Crippen LogP contribution in [0.3, 0.4) is 0 Å². The summed E-state index contributed by atoms with van der Waals surface area (Å²) in [5.74, 6) is 2.24. The standard InChI is InChI=1S/C20H25ClN2O3/c1-12(26-17-4-2-16(21)3-5-17)18(24)22-23-19(25)20-9-13-6-14(10-20)8-15(7-13)11-20/h2-5,12-15H,6-11H2,1H3,(H,22,24)(H,23,25). The SMILES string of the molecule is CC(Oc1ccc(Cl)cc1)C(=O)NNC(=O)C12CC3CC(CC(C3)C1)C2. The summed E-state index contributed by atoms with van der Waals surface area (Å²) in [6.45, 7) is 1.65. The number of hydrogen-bond acceptors (Lipinski definition) is 3. The van der Waals surface area contributed by atoms with Crippen LogP contribution in [0.15, 0.2) is 24.3 Å². The quantitative estimate of drug-likeness (QED) is 0.790. The van der Waals surface area contributed by atoms with E-state index in [4.69, 9.17) is 16.3 Å². The number of benzene rings is 1. The third-order valence-corrected chi connectivity index (χ3v) is 6.57. The lowest BCUT2D eigenvalue weighted by Gasteiger charge is -2.55. The maximum atomic E-state index is 12.8. The molecular weight excluding hydrogens is 352 g/mol. The summed E-state index contributed by atoms with van der Waals surface area (Å²) in [5.41, 5.74) is 4.95. The van der Waals surface area contributed by atoms with Crippen molar-refractivity contribution in [1.82, 2.24) is 10.9 Å².